The van der Waals surface area contributed by atoms with E-state index in [2.05, 4.69) is 15.3 Å². The molecule has 0 radical (unpaired) electrons. The monoisotopic (exact) mass is 580 g/mol. The highest BCUT2D eigenvalue weighted by molar-refractivity contribution is 7.91. The Labute approximate surface area is 230 Å². The van der Waals surface area contributed by atoms with Crippen molar-refractivity contribution < 1.29 is 31.5 Å². The Morgan fingerprint density at radius 1 is 1.15 bits per heavy atom. The van der Waals surface area contributed by atoms with Gasteiger partial charge in [-0.2, -0.15) is 21.9 Å². The molecular weight excluding hydrogens is 554 g/mol. The molecule has 0 fully saturated rings. The number of benzene rings is 1. The molecule has 0 aliphatic carbocycles. The number of urea groups is 1. The van der Waals surface area contributed by atoms with E-state index in [0.29, 0.717) is 29.6 Å². The molecule has 1 aliphatic heterocycles. The molecule has 208 valence electrons. The number of amides is 3. The summed E-state index contributed by atoms with van der Waals surface area (Å²) in [5.74, 6) is -1.93. The molecule has 0 saturated carbocycles. The third kappa shape index (κ3) is 6.92. The van der Waals surface area contributed by atoms with E-state index in [-0.39, 0.29) is 37.8 Å². The Kier molecular flexibility index (Phi) is 9.29. The van der Waals surface area contributed by atoms with Crippen molar-refractivity contribution in [2.45, 2.75) is 18.9 Å². The number of rotatable bonds is 8. The van der Waals surface area contributed by atoms with Gasteiger partial charge in [-0.1, -0.05) is 6.07 Å². The number of nitrogens with one attached hydrogen (secondary N) is 2. The fourth-order valence-corrected chi connectivity index (χ4v) is 5.12. The van der Waals surface area contributed by atoms with Crippen LogP contribution < -0.4 is 24.0 Å². The summed E-state index contributed by atoms with van der Waals surface area (Å²) in [5, 5.41) is 2.32. The number of carbonyl (C=O) groups is 2. The second-order valence-corrected chi connectivity index (χ2v) is 9.97. The molecule has 39 heavy (non-hydrogen) atoms. The lowest BCUT2D eigenvalue weighted by Gasteiger charge is -2.25. The third-order valence-corrected chi connectivity index (χ3v) is 7.19. The van der Waals surface area contributed by atoms with Crippen molar-refractivity contribution >= 4 is 47.1 Å². The summed E-state index contributed by atoms with van der Waals surface area (Å²) in [7, 11) is -1.53. The van der Waals surface area contributed by atoms with Gasteiger partial charge < -0.3 is 15.0 Å². The topological polar surface area (TPSA) is 134 Å². The van der Waals surface area contributed by atoms with Crippen molar-refractivity contribution in [3.63, 3.8) is 0 Å². The number of pyridine rings is 2. The predicted octanol–water partition coefficient (Wildman–Crippen LogP) is 2.06. The van der Waals surface area contributed by atoms with E-state index in [1.807, 2.05) is 4.72 Å². The number of anilines is 2. The molecule has 3 amide bonds. The lowest BCUT2D eigenvalue weighted by molar-refractivity contribution is -0.120. The summed E-state index contributed by atoms with van der Waals surface area (Å²) in [6, 6.07) is 6.57. The first-order valence-electron chi connectivity index (χ1n) is 11.3. The molecule has 0 bridgehead atoms. The van der Waals surface area contributed by atoms with Crippen molar-refractivity contribution in [1.29, 1.82) is 0 Å². The summed E-state index contributed by atoms with van der Waals surface area (Å²) >= 11 is 0. The molecule has 2 aromatic heterocycles. The van der Waals surface area contributed by atoms with Crippen molar-refractivity contribution in [3.05, 3.63) is 77.6 Å². The molecule has 3 aromatic rings. The number of carbonyl (C=O) groups excluding carboxylic acids is 2. The van der Waals surface area contributed by atoms with Gasteiger partial charge in [0, 0.05) is 38.3 Å². The Morgan fingerprint density at radius 2 is 1.87 bits per heavy atom. The maximum absolute atomic E-state index is 13.8. The zero-order valence-electron chi connectivity index (χ0n) is 20.9. The van der Waals surface area contributed by atoms with E-state index in [9.17, 15) is 26.8 Å². The fraction of sp³-hybridized carbons (Fsp3) is 0.250. The van der Waals surface area contributed by atoms with Crippen LogP contribution in [0.3, 0.4) is 0 Å². The summed E-state index contributed by atoms with van der Waals surface area (Å²) in [6.45, 7) is 0.0765. The minimum absolute atomic E-state index is 0. The molecule has 0 unspecified atom stereocenters. The summed E-state index contributed by atoms with van der Waals surface area (Å²) in [6.07, 6.45) is 2.88. The SMILES string of the molecule is COc1ccc(N(C)C(=O)[C@H](Cc2cc(F)cc(F)c2)NC(=O)NS(=O)(=O)N2CCc3cccnc32)cn1.S. The van der Waals surface area contributed by atoms with E-state index < -0.39 is 39.8 Å². The number of halogens is 2. The minimum atomic E-state index is -4.37. The molecular formula is C24H26F2N6O5S2. The minimum Gasteiger partial charge on any atom is -0.481 e. The van der Waals surface area contributed by atoms with Crippen LogP contribution in [0.5, 0.6) is 5.88 Å². The van der Waals surface area contributed by atoms with Crippen molar-refractivity contribution in [2.75, 3.05) is 29.9 Å². The third-order valence-electron chi connectivity index (χ3n) is 5.81. The van der Waals surface area contributed by atoms with E-state index in [4.69, 9.17) is 4.74 Å². The van der Waals surface area contributed by atoms with Crippen LogP contribution in [0.1, 0.15) is 11.1 Å². The summed E-state index contributed by atoms with van der Waals surface area (Å²) in [4.78, 5) is 35.4. The second-order valence-electron chi connectivity index (χ2n) is 8.38. The van der Waals surface area contributed by atoms with Crippen LogP contribution in [0.2, 0.25) is 0 Å². The van der Waals surface area contributed by atoms with Crippen LogP contribution in [0.25, 0.3) is 0 Å². The number of hydrogen-bond donors (Lipinski definition) is 2. The van der Waals surface area contributed by atoms with Crippen molar-refractivity contribution in [3.8, 4) is 5.88 Å². The van der Waals surface area contributed by atoms with Gasteiger partial charge in [-0.25, -0.2) is 32.6 Å². The van der Waals surface area contributed by atoms with Gasteiger partial charge in [0.15, 0.2) is 0 Å². The molecule has 0 spiro atoms. The van der Waals surface area contributed by atoms with Gasteiger partial charge in [-0.3, -0.25) is 4.79 Å². The average molecular weight is 581 g/mol. The second kappa shape index (κ2) is 12.3. The molecule has 15 heteroatoms. The van der Waals surface area contributed by atoms with Crippen LogP contribution in [-0.2, 0) is 27.8 Å². The number of fused-ring (bicyclic) bond motifs is 1. The first-order chi connectivity index (χ1) is 18.1. The number of methoxy groups -OCH3 is 1. The first-order valence-corrected chi connectivity index (χ1v) is 12.8. The molecule has 1 aliphatic rings. The highest BCUT2D eigenvalue weighted by atomic mass is 32.2. The van der Waals surface area contributed by atoms with Gasteiger partial charge in [0.25, 0.3) is 0 Å². The van der Waals surface area contributed by atoms with Crippen LogP contribution >= 0.6 is 13.5 Å². The number of aromatic nitrogens is 2. The Bertz CT molecular complexity index is 1440. The molecule has 0 saturated heterocycles. The first kappa shape index (κ1) is 29.6. The van der Waals surface area contributed by atoms with Gasteiger partial charge in [0.05, 0.1) is 19.0 Å². The molecule has 3 heterocycles. The zero-order chi connectivity index (χ0) is 27.4. The average Bonchev–Trinajstić information content (AvgIpc) is 3.32. The maximum atomic E-state index is 13.8. The molecule has 2 N–H and O–H groups in total. The highest BCUT2D eigenvalue weighted by Crippen LogP contribution is 2.26. The summed E-state index contributed by atoms with van der Waals surface area (Å²) < 4.78 is 61.3. The molecule has 1 aromatic carbocycles. The van der Waals surface area contributed by atoms with E-state index >= 15 is 0 Å². The Hall–Kier alpha value is -3.98. The molecule has 1 atom stereocenters. The van der Waals surface area contributed by atoms with Crippen molar-refractivity contribution in [1.82, 2.24) is 20.0 Å². The number of likely N-dealkylation sites (N-methyl/N-ethyl adjacent to an activating group) is 1. The predicted molar refractivity (Wildman–Crippen MR) is 144 cm³/mol. The van der Waals surface area contributed by atoms with Gasteiger partial charge in [-0.15, -0.1) is 0 Å². The van der Waals surface area contributed by atoms with Crippen LogP contribution in [0, 0.1) is 11.6 Å². The number of ether oxygens (including phenoxy) is 1. The van der Waals surface area contributed by atoms with Gasteiger partial charge >= 0.3 is 16.2 Å². The largest absolute Gasteiger partial charge is 0.481 e. The number of nitrogens with zero attached hydrogens (tertiary/aromatic N) is 4. The quantitative estimate of drug-likeness (QED) is 0.417. The van der Waals surface area contributed by atoms with Crippen LogP contribution in [0.15, 0.2) is 54.9 Å². The molecule has 11 nitrogen and oxygen atoms in total. The van der Waals surface area contributed by atoms with E-state index in [1.54, 1.807) is 18.2 Å². The lowest BCUT2D eigenvalue weighted by Crippen LogP contribution is -2.54. The Balaban J connectivity index is 0.00000420. The smallest absolute Gasteiger partial charge is 0.330 e. The van der Waals surface area contributed by atoms with Gasteiger partial charge in [-0.05, 0) is 41.8 Å². The number of hydrogen-bond acceptors (Lipinski definition) is 7. The maximum Gasteiger partial charge on any atom is 0.330 e. The highest BCUT2D eigenvalue weighted by Gasteiger charge is 2.33. The fourth-order valence-electron chi connectivity index (χ4n) is 3.99. The van der Waals surface area contributed by atoms with E-state index in [0.717, 1.165) is 16.4 Å². The molecule has 4 rings (SSSR count). The van der Waals surface area contributed by atoms with Crippen LogP contribution in [0.4, 0.5) is 25.1 Å². The van der Waals surface area contributed by atoms with Gasteiger partial charge in [0.1, 0.15) is 23.5 Å². The van der Waals surface area contributed by atoms with Gasteiger partial charge in [0.2, 0.25) is 11.8 Å². The Morgan fingerprint density at radius 3 is 2.51 bits per heavy atom. The standard InChI is InChI=1S/C24H24F2N6O5S.H2S/c1-31(19-5-6-21(37-2)28-14-19)23(33)20(12-15-10-17(25)13-18(26)11-15)29-24(34)30-38(35,36)32-9-7-16-4-3-8-27-22(16)32;/h3-6,8,10-11,13-14,20H,7,9,12H2,1-2H3,(H2,29,30,34);1H2/t20-;/m0./s1. The zero-order valence-corrected chi connectivity index (χ0v) is 22.7. The lowest BCUT2D eigenvalue weighted by atomic mass is 10.0. The van der Waals surface area contributed by atoms with Crippen LogP contribution in [-0.4, -0.2) is 57.1 Å². The van der Waals surface area contributed by atoms with Crippen molar-refractivity contribution in [2.24, 2.45) is 0 Å². The normalized spacial score (nSPS) is 13.1. The van der Waals surface area contributed by atoms with E-state index in [1.165, 1.54) is 37.5 Å². The summed E-state index contributed by atoms with van der Waals surface area (Å²) in [5.41, 5.74) is 1.11.